The van der Waals surface area contributed by atoms with Gasteiger partial charge in [-0.2, -0.15) is 5.10 Å². The molecule has 1 aromatic heterocycles. The highest BCUT2D eigenvalue weighted by Gasteiger charge is 2.24. The van der Waals surface area contributed by atoms with Crippen molar-refractivity contribution in [1.82, 2.24) is 9.78 Å². The van der Waals surface area contributed by atoms with Gasteiger partial charge in [0.1, 0.15) is 11.3 Å². The van der Waals surface area contributed by atoms with Crippen LogP contribution in [0.2, 0.25) is 5.15 Å². The van der Waals surface area contributed by atoms with Crippen LogP contribution in [0.1, 0.15) is 61.6 Å². The second-order valence-corrected chi connectivity index (χ2v) is 6.12. The highest BCUT2D eigenvalue weighted by molar-refractivity contribution is 6.30. The number of aliphatic hydroxyl groups is 1. The fourth-order valence-electron chi connectivity index (χ4n) is 2.54. The maximum absolute atomic E-state index is 10.7. The third-order valence-electron chi connectivity index (χ3n) is 3.69. The predicted molar refractivity (Wildman–Crippen MR) is 86.8 cm³/mol. The zero-order chi connectivity index (χ0) is 15.6. The molecule has 1 atom stereocenters. The quantitative estimate of drug-likeness (QED) is 0.897. The normalized spacial score (nSPS) is 12.9. The summed E-state index contributed by atoms with van der Waals surface area (Å²) in [5.41, 5.74) is 3.71. The Balaban J connectivity index is 2.37. The van der Waals surface area contributed by atoms with Crippen molar-refractivity contribution in [3.63, 3.8) is 0 Å². The number of hydrogen-bond acceptors (Lipinski definition) is 2. The maximum Gasteiger partial charge on any atom is 0.133 e. The van der Waals surface area contributed by atoms with Crippen LogP contribution in [0.4, 0.5) is 0 Å². The zero-order valence-electron chi connectivity index (χ0n) is 13.1. The summed E-state index contributed by atoms with van der Waals surface area (Å²) in [5.74, 6) is 0.215. The van der Waals surface area contributed by atoms with Gasteiger partial charge in [-0.15, -0.1) is 0 Å². The molecule has 114 valence electrons. The van der Waals surface area contributed by atoms with Crippen LogP contribution in [-0.2, 0) is 13.5 Å². The molecule has 1 aromatic carbocycles. The van der Waals surface area contributed by atoms with Crippen molar-refractivity contribution in [2.75, 3.05) is 0 Å². The van der Waals surface area contributed by atoms with Gasteiger partial charge in [-0.05, 0) is 23.5 Å². The van der Waals surface area contributed by atoms with E-state index in [1.165, 1.54) is 5.56 Å². The minimum atomic E-state index is -0.737. The van der Waals surface area contributed by atoms with Gasteiger partial charge >= 0.3 is 0 Å². The third kappa shape index (κ3) is 3.30. The molecule has 0 saturated carbocycles. The van der Waals surface area contributed by atoms with Gasteiger partial charge in [-0.25, -0.2) is 0 Å². The first-order valence-electron chi connectivity index (χ1n) is 7.44. The number of halogens is 1. The molecule has 2 rings (SSSR count). The summed E-state index contributed by atoms with van der Waals surface area (Å²) in [7, 11) is 1.80. The van der Waals surface area contributed by atoms with Gasteiger partial charge in [0.25, 0.3) is 0 Å². The molecule has 0 amide bonds. The molecule has 0 spiro atoms. The van der Waals surface area contributed by atoms with E-state index in [4.69, 9.17) is 11.6 Å². The van der Waals surface area contributed by atoms with Gasteiger partial charge in [0.05, 0.1) is 5.69 Å². The van der Waals surface area contributed by atoms with Crippen molar-refractivity contribution < 1.29 is 5.11 Å². The Morgan fingerprint density at radius 1 is 1.24 bits per heavy atom. The van der Waals surface area contributed by atoms with Gasteiger partial charge in [0.15, 0.2) is 0 Å². The van der Waals surface area contributed by atoms with Crippen molar-refractivity contribution >= 4 is 11.6 Å². The minimum absolute atomic E-state index is 0.215. The number of aryl methyl sites for hydroxylation is 2. The summed E-state index contributed by atoms with van der Waals surface area (Å²) in [6, 6.07) is 8.09. The van der Waals surface area contributed by atoms with E-state index in [0.717, 1.165) is 29.7 Å². The van der Waals surface area contributed by atoms with Crippen molar-refractivity contribution in [2.45, 2.75) is 45.6 Å². The number of nitrogens with zero attached hydrogens (tertiary/aromatic N) is 2. The highest BCUT2D eigenvalue weighted by atomic mass is 35.5. The van der Waals surface area contributed by atoms with E-state index in [1.54, 1.807) is 11.7 Å². The molecular formula is C17H23ClN2O. The van der Waals surface area contributed by atoms with E-state index in [0.29, 0.717) is 5.15 Å². The molecule has 21 heavy (non-hydrogen) atoms. The van der Waals surface area contributed by atoms with Crippen LogP contribution < -0.4 is 0 Å². The highest BCUT2D eigenvalue weighted by Crippen LogP contribution is 2.34. The monoisotopic (exact) mass is 306 g/mol. The molecule has 4 heteroatoms. The molecule has 0 fully saturated rings. The lowest BCUT2D eigenvalue weighted by molar-refractivity contribution is 0.219. The van der Waals surface area contributed by atoms with Crippen LogP contribution in [0.15, 0.2) is 24.3 Å². The molecule has 1 unspecified atom stereocenters. The fraction of sp³-hybridized carbons (Fsp3) is 0.471. The second kappa shape index (κ2) is 6.63. The van der Waals surface area contributed by atoms with E-state index in [2.05, 4.69) is 38.0 Å². The smallest absolute Gasteiger partial charge is 0.133 e. The average molecular weight is 307 g/mol. The van der Waals surface area contributed by atoms with E-state index < -0.39 is 6.10 Å². The molecule has 0 radical (unpaired) electrons. The van der Waals surface area contributed by atoms with Gasteiger partial charge in [-0.1, -0.05) is 63.1 Å². The summed E-state index contributed by atoms with van der Waals surface area (Å²) < 4.78 is 1.63. The Morgan fingerprint density at radius 3 is 2.38 bits per heavy atom. The first-order chi connectivity index (χ1) is 9.95. The molecule has 0 aliphatic rings. The van der Waals surface area contributed by atoms with Crippen molar-refractivity contribution in [3.8, 4) is 0 Å². The molecular weight excluding hydrogens is 284 g/mol. The Morgan fingerprint density at radius 2 is 1.86 bits per heavy atom. The van der Waals surface area contributed by atoms with E-state index in [-0.39, 0.29) is 5.92 Å². The Bertz CT molecular complexity index is 602. The van der Waals surface area contributed by atoms with E-state index in [9.17, 15) is 5.11 Å². The summed E-state index contributed by atoms with van der Waals surface area (Å²) in [6.07, 6.45) is 1.44. The van der Waals surface area contributed by atoms with Crippen molar-refractivity contribution in [2.24, 2.45) is 7.05 Å². The Labute approximate surface area is 131 Å². The SMILES string of the molecule is CCCc1ccc(C(O)c2c(C(C)C)nn(C)c2Cl)cc1. The van der Waals surface area contributed by atoms with Crippen molar-refractivity contribution in [1.29, 1.82) is 0 Å². The summed E-state index contributed by atoms with van der Waals surface area (Å²) in [5, 5.41) is 15.6. The fourth-order valence-corrected chi connectivity index (χ4v) is 2.78. The van der Waals surface area contributed by atoms with E-state index >= 15 is 0 Å². The topological polar surface area (TPSA) is 38.1 Å². The van der Waals surface area contributed by atoms with Crippen LogP contribution in [0.25, 0.3) is 0 Å². The molecule has 0 aliphatic carbocycles. The second-order valence-electron chi connectivity index (χ2n) is 5.76. The lowest BCUT2D eigenvalue weighted by atomic mass is 9.96. The van der Waals surface area contributed by atoms with Crippen LogP contribution in [-0.4, -0.2) is 14.9 Å². The summed E-state index contributed by atoms with van der Waals surface area (Å²) >= 11 is 6.32. The van der Waals surface area contributed by atoms with Gasteiger partial charge in [-0.3, -0.25) is 4.68 Å². The lowest BCUT2D eigenvalue weighted by Crippen LogP contribution is -2.04. The number of rotatable bonds is 5. The van der Waals surface area contributed by atoms with Crippen LogP contribution in [0, 0.1) is 0 Å². The first kappa shape index (κ1) is 16.1. The molecule has 1 N–H and O–H groups in total. The molecule has 2 aromatic rings. The Kier molecular flexibility index (Phi) is 5.07. The van der Waals surface area contributed by atoms with Crippen LogP contribution in [0.5, 0.6) is 0 Å². The summed E-state index contributed by atoms with van der Waals surface area (Å²) in [6.45, 7) is 6.27. The number of hydrogen-bond donors (Lipinski definition) is 1. The largest absolute Gasteiger partial charge is 0.383 e. The average Bonchev–Trinajstić information content (AvgIpc) is 2.76. The predicted octanol–water partition coefficient (Wildman–Crippen LogP) is 4.23. The molecule has 0 bridgehead atoms. The molecule has 0 aliphatic heterocycles. The first-order valence-corrected chi connectivity index (χ1v) is 7.82. The van der Waals surface area contributed by atoms with Crippen LogP contribution in [0.3, 0.4) is 0 Å². The van der Waals surface area contributed by atoms with Crippen molar-refractivity contribution in [3.05, 3.63) is 51.8 Å². The van der Waals surface area contributed by atoms with Gasteiger partial charge in [0.2, 0.25) is 0 Å². The maximum atomic E-state index is 10.7. The molecule has 0 saturated heterocycles. The van der Waals surface area contributed by atoms with Gasteiger partial charge in [0, 0.05) is 12.6 Å². The number of aromatic nitrogens is 2. The van der Waals surface area contributed by atoms with E-state index in [1.807, 2.05) is 12.1 Å². The zero-order valence-corrected chi connectivity index (χ0v) is 13.9. The lowest BCUT2D eigenvalue weighted by Gasteiger charge is -2.14. The molecule has 1 heterocycles. The number of benzene rings is 1. The number of aliphatic hydroxyl groups excluding tert-OH is 1. The summed E-state index contributed by atoms with van der Waals surface area (Å²) in [4.78, 5) is 0. The molecule has 3 nitrogen and oxygen atoms in total. The standard InChI is InChI=1S/C17H23ClN2O/c1-5-6-12-7-9-13(10-8-12)16(21)14-15(11(2)3)19-20(4)17(14)18/h7-11,16,21H,5-6H2,1-4H3. The van der Waals surface area contributed by atoms with Gasteiger partial charge < -0.3 is 5.11 Å². The van der Waals surface area contributed by atoms with Crippen LogP contribution >= 0.6 is 11.6 Å². The minimum Gasteiger partial charge on any atom is -0.383 e. The Hall–Kier alpha value is -1.32. The third-order valence-corrected chi connectivity index (χ3v) is 4.14.